The summed E-state index contributed by atoms with van der Waals surface area (Å²) in [6.07, 6.45) is 4.45. The third-order valence-electron chi connectivity index (χ3n) is 5.91. The summed E-state index contributed by atoms with van der Waals surface area (Å²) >= 11 is 1.85. The Balaban J connectivity index is 1.72. The normalized spacial score (nSPS) is 15.0. The van der Waals surface area contributed by atoms with E-state index < -0.39 is 0 Å². The van der Waals surface area contributed by atoms with E-state index in [1.165, 1.54) is 56.0 Å². The Morgan fingerprint density at radius 1 is 1.17 bits per heavy atom. The lowest BCUT2D eigenvalue weighted by atomic mass is 9.98. The van der Waals surface area contributed by atoms with E-state index in [4.69, 9.17) is 0 Å². The predicted octanol–water partition coefficient (Wildman–Crippen LogP) is 5.50. The van der Waals surface area contributed by atoms with Crippen molar-refractivity contribution in [3.8, 4) is 11.1 Å². The summed E-state index contributed by atoms with van der Waals surface area (Å²) in [7, 11) is 3.98. The first-order valence-electron chi connectivity index (χ1n) is 10.3. The van der Waals surface area contributed by atoms with Crippen molar-refractivity contribution in [3.63, 3.8) is 0 Å². The fraction of sp³-hybridized carbons (Fsp3) is 0.375. The van der Waals surface area contributed by atoms with Crippen molar-refractivity contribution in [2.75, 3.05) is 25.5 Å². The molecule has 152 valence electrons. The molecular weight excluding hydrogens is 376 g/mol. The number of fused-ring (bicyclic) bond motifs is 1. The average Bonchev–Trinajstić information content (AvgIpc) is 3.11. The molecule has 0 amide bonds. The number of benzene rings is 2. The number of thioether (sulfide) groups is 1. The molecule has 0 bridgehead atoms. The second-order valence-corrected chi connectivity index (χ2v) is 9.19. The summed E-state index contributed by atoms with van der Waals surface area (Å²) in [5.74, 6) is 0.594. The highest BCUT2D eigenvalue weighted by molar-refractivity contribution is 8.03. The molecule has 1 aliphatic rings. The Morgan fingerprint density at radius 3 is 2.62 bits per heavy atom. The molecule has 3 aromatic rings. The van der Waals surface area contributed by atoms with E-state index in [0.29, 0.717) is 5.92 Å². The van der Waals surface area contributed by atoms with Crippen LogP contribution in [0.2, 0.25) is 0 Å². The molecule has 0 spiro atoms. The summed E-state index contributed by atoms with van der Waals surface area (Å²) in [5.41, 5.74) is 7.20. The van der Waals surface area contributed by atoms with E-state index in [9.17, 15) is 0 Å². The van der Waals surface area contributed by atoms with Crippen LogP contribution in [0.25, 0.3) is 22.0 Å². The number of allylic oxidation sites excluding steroid dienone is 1. The number of aromatic nitrogens is 2. The Hall–Kier alpha value is -2.24. The summed E-state index contributed by atoms with van der Waals surface area (Å²) in [5, 5.41) is 12.6. The number of piperidine rings is 1. The van der Waals surface area contributed by atoms with Crippen molar-refractivity contribution in [2.45, 2.75) is 31.6 Å². The van der Waals surface area contributed by atoms with Gasteiger partial charge in [-0.15, -0.1) is 0 Å². The van der Waals surface area contributed by atoms with Gasteiger partial charge in [-0.3, -0.25) is 4.68 Å². The molecule has 0 unspecified atom stereocenters. The van der Waals surface area contributed by atoms with Gasteiger partial charge < -0.3 is 10.6 Å². The van der Waals surface area contributed by atoms with Crippen LogP contribution in [-0.2, 0) is 7.05 Å². The standard InChI is InChI=1S/C24H30N4S/c1-15-10-19(11-21-14-28(5)27-24(15)21)20-12-22(25-4)16(2)23(13-20)29-17(3)18-6-8-26-9-7-18/h10-14,18,25-26H,3,6-9H2,1-2,4-5H3. The van der Waals surface area contributed by atoms with Crippen LogP contribution >= 0.6 is 11.8 Å². The summed E-state index contributed by atoms with van der Waals surface area (Å²) in [6, 6.07) is 9.07. The quantitative estimate of drug-likeness (QED) is 0.549. The van der Waals surface area contributed by atoms with E-state index >= 15 is 0 Å². The first-order chi connectivity index (χ1) is 14.0. The maximum atomic E-state index is 4.59. The maximum absolute atomic E-state index is 4.59. The molecule has 5 heteroatoms. The summed E-state index contributed by atoms with van der Waals surface area (Å²) in [6.45, 7) is 11.0. The van der Waals surface area contributed by atoms with Gasteiger partial charge in [0.05, 0.1) is 5.52 Å². The van der Waals surface area contributed by atoms with Crippen LogP contribution in [-0.4, -0.2) is 29.9 Å². The molecule has 1 fully saturated rings. The summed E-state index contributed by atoms with van der Waals surface area (Å²) in [4.78, 5) is 2.58. The molecule has 1 aliphatic heterocycles. The van der Waals surface area contributed by atoms with Crippen molar-refractivity contribution in [1.29, 1.82) is 0 Å². The number of hydrogen-bond donors (Lipinski definition) is 2. The third-order valence-corrected chi connectivity index (χ3v) is 7.15. The zero-order valence-corrected chi connectivity index (χ0v) is 18.6. The molecule has 2 N–H and O–H groups in total. The topological polar surface area (TPSA) is 41.9 Å². The van der Waals surface area contributed by atoms with Gasteiger partial charge >= 0.3 is 0 Å². The Labute approximate surface area is 177 Å². The number of anilines is 1. The smallest absolute Gasteiger partial charge is 0.0952 e. The minimum atomic E-state index is 0.594. The van der Waals surface area contributed by atoms with Crippen LogP contribution in [0.1, 0.15) is 24.0 Å². The van der Waals surface area contributed by atoms with Gasteiger partial charge in [0.25, 0.3) is 0 Å². The first kappa shape index (κ1) is 20.0. The van der Waals surface area contributed by atoms with Crippen molar-refractivity contribution in [3.05, 3.63) is 53.1 Å². The molecule has 2 heterocycles. The zero-order chi connectivity index (χ0) is 20.5. The molecule has 29 heavy (non-hydrogen) atoms. The molecule has 4 rings (SSSR count). The van der Waals surface area contributed by atoms with Crippen LogP contribution in [0.15, 0.2) is 46.8 Å². The molecule has 0 atom stereocenters. The van der Waals surface area contributed by atoms with Gasteiger partial charge in [0, 0.05) is 36.3 Å². The fourth-order valence-electron chi connectivity index (χ4n) is 4.18. The van der Waals surface area contributed by atoms with Gasteiger partial charge in [0.15, 0.2) is 0 Å². The maximum Gasteiger partial charge on any atom is 0.0952 e. The second kappa shape index (κ2) is 8.25. The molecule has 1 saturated heterocycles. The summed E-state index contributed by atoms with van der Waals surface area (Å²) < 4.78 is 1.89. The van der Waals surface area contributed by atoms with Gasteiger partial charge in [-0.25, -0.2) is 0 Å². The third kappa shape index (κ3) is 4.07. The van der Waals surface area contributed by atoms with Crippen molar-refractivity contribution < 1.29 is 0 Å². The second-order valence-electron chi connectivity index (χ2n) is 8.02. The van der Waals surface area contributed by atoms with Gasteiger partial charge in [0.2, 0.25) is 0 Å². The van der Waals surface area contributed by atoms with Crippen LogP contribution in [0, 0.1) is 19.8 Å². The zero-order valence-electron chi connectivity index (χ0n) is 17.8. The average molecular weight is 407 g/mol. The van der Waals surface area contributed by atoms with E-state index in [1.807, 2.05) is 30.5 Å². The molecule has 0 saturated carbocycles. The lowest BCUT2D eigenvalue weighted by Gasteiger charge is -2.25. The highest BCUT2D eigenvalue weighted by Gasteiger charge is 2.19. The lowest BCUT2D eigenvalue weighted by molar-refractivity contribution is 0.432. The fourth-order valence-corrected chi connectivity index (χ4v) is 5.32. The SMILES string of the molecule is C=C(Sc1cc(-c2cc(C)c3nn(C)cc3c2)cc(NC)c1C)C1CCNCC1. The number of nitrogens with zero attached hydrogens (tertiary/aromatic N) is 2. The molecular formula is C24H30N4S. The van der Waals surface area contributed by atoms with Gasteiger partial charge in [-0.1, -0.05) is 18.3 Å². The number of nitrogens with one attached hydrogen (secondary N) is 2. The highest BCUT2D eigenvalue weighted by atomic mass is 32.2. The monoisotopic (exact) mass is 406 g/mol. The Kier molecular flexibility index (Phi) is 5.70. The number of aryl methyl sites for hydroxylation is 2. The van der Waals surface area contributed by atoms with Crippen LogP contribution in [0.3, 0.4) is 0 Å². The number of rotatable bonds is 5. The minimum absolute atomic E-state index is 0.594. The van der Waals surface area contributed by atoms with Crippen LogP contribution < -0.4 is 10.6 Å². The van der Waals surface area contributed by atoms with Crippen LogP contribution in [0.5, 0.6) is 0 Å². The Bertz CT molecular complexity index is 1060. The largest absolute Gasteiger partial charge is 0.388 e. The molecule has 1 aromatic heterocycles. The number of hydrogen-bond acceptors (Lipinski definition) is 4. The van der Waals surface area contributed by atoms with Gasteiger partial charge in [-0.2, -0.15) is 5.10 Å². The van der Waals surface area contributed by atoms with Crippen LogP contribution in [0.4, 0.5) is 5.69 Å². The molecule has 0 aliphatic carbocycles. The molecule has 2 aromatic carbocycles. The van der Waals surface area contributed by atoms with Crippen molar-refractivity contribution >= 4 is 28.4 Å². The lowest BCUT2D eigenvalue weighted by Crippen LogP contribution is -2.27. The van der Waals surface area contributed by atoms with Crippen molar-refractivity contribution in [2.24, 2.45) is 13.0 Å². The van der Waals surface area contributed by atoms with E-state index in [0.717, 1.165) is 18.6 Å². The first-order valence-corrected chi connectivity index (χ1v) is 11.1. The minimum Gasteiger partial charge on any atom is -0.388 e. The molecule has 0 radical (unpaired) electrons. The Morgan fingerprint density at radius 2 is 1.90 bits per heavy atom. The molecule has 4 nitrogen and oxygen atoms in total. The highest BCUT2D eigenvalue weighted by Crippen LogP contribution is 2.41. The van der Waals surface area contributed by atoms with Crippen molar-refractivity contribution in [1.82, 2.24) is 15.1 Å². The van der Waals surface area contributed by atoms with Gasteiger partial charge in [-0.05, 0) is 97.1 Å². The van der Waals surface area contributed by atoms with E-state index in [-0.39, 0.29) is 0 Å². The van der Waals surface area contributed by atoms with E-state index in [2.05, 4.69) is 66.6 Å². The van der Waals surface area contributed by atoms with Gasteiger partial charge in [0.1, 0.15) is 0 Å². The van der Waals surface area contributed by atoms with E-state index in [1.54, 1.807) is 0 Å². The predicted molar refractivity (Wildman–Crippen MR) is 126 cm³/mol.